The summed E-state index contributed by atoms with van der Waals surface area (Å²) >= 11 is 0. The molecule has 1 rings (SSSR count). The van der Waals surface area contributed by atoms with Crippen LogP contribution in [0, 0.1) is 6.92 Å². The van der Waals surface area contributed by atoms with Crippen LogP contribution in [0.5, 0.6) is 0 Å². The fourth-order valence-electron chi connectivity index (χ4n) is 1.43. The number of hydrogen-bond donors (Lipinski definition) is 1. The highest BCUT2D eigenvalue weighted by Crippen LogP contribution is 2.54. The molecule has 0 bridgehead atoms. The Bertz CT molecular complexity index is 433. The lowest BCUT2D eigenvalue weighted by molar-refractivity contribution is -0.348. The van der Waals surface area contributed by atoms with Crippen molar-refractivity contribution in [3.05, 3.63) is 29.3 Å². The summed E-state index contributed by atoms with van der Waals surface area (Å²) in [6, 6.07) is 2.43. The molecule has 1 aromatic rings. The molecule has 0 aromatic heterocycles. The van der Waals surface area contributed by atoms with Crippen molar-refractivity contribution in [1.82, 2.24) is 0 Å². The quantitative estimate of drug-likeness (QED) is 0.611. The fraction of sp³-hybridized carbons (Fsp3) is 0.400. The number of benzene rings is 1. The van der Waals surface area contributed by atoms with E-state index in [-0.39, 0.29) is 5.56 Å². The van der Waals surface area contributed by atoms with E-state index in [4.69, 9.17) is 5.73 Å². The average molecular weight is 275 g/mol. The smallest absolute Gasteiger partial charge is 0.398 e. The number of nitrogens with two attached hydrogens (primary N) is 1. The molecule has 0 spiro atoms. The number of halogens is 7. The number of alkyl halides is 7. The second kappa shape index (κ2) is 4.03. The van der Waals surface area contributed by atoms with E-state index >= 15 is 0 Å². The predicted molar refractivity (Wildman–Crippen MR) is 50.5 cm³/mol. The Balaban J connectivity index is 3.61. The molecule has 18 heavy (non-hydrogen) atoms. The molecule has 0 atom stereocenters. The van der Waals surface area contributed by atoms with Gasteiger partial charge in [0.1, 0.15) is 0 Å². The first-order valence-corrected chi connectivity index (χ1v) is 4.60. The molecule has 0 unspecified atom stereocenters. The van der Waals surface area contributed by atoms with Crippen molar-refractivity contribution >= 4 is 5.69 Å². The number of hydrogen-bond acceptors (Lipinski definition) is 1. The largest absolute Gasteiger partial charge is 0.436 e. The van der Waals surface area contributed by atoms with Gasteiger partial charge in [-0.3, -0.25) is 0 Å². The third-order valence-electron chi connectivity index (χ3n) is 2.36. The van der Waals surface area contributed by atoms with Crippen LogP contribution in [0.15, 0.2) is 18.2 Å². The summed E-state index contributed by atoms with van der Waals surface area (Å²) in [4.78, 5) is 0. The molecule has 8 heteroatoms. The van der Waals surface area contributed by atoms with Gasteiger partial charge in [0.15, 0.2) is 0 Å². The SMILES string of the molecule is Cc1ccc(N)c(C(F)(C(F)(F)F)C(F)(F)F)c1. The first-order chi connectivity index (χ1) is 7.91. The lowest BCUT2D eigenvalue weighted by atomic mass is 9.91. The summed E-state index contributed by atoms with van der Waals surface area (Å²) < 4.78 is 88.3. The lowest BCUT2D eigenvalue weighted by Crippen LogP contribution is -2.50. The van der Waals surface area contributed by atoms with Gasteiger partial charge in [0.05, 0.1) is 0 Å². The second-order valence-electron chi connectivity index (χ2n) is 3.74. The van der Waals surface area contributed by atoms with Crippen molar-refractivity contribution in [2.45, 2.75) is 24.9 Å². The van der Waals surface area contributed by atoms with Crippen molar-refractivity contribution in [1.29, 1.82) is 0 Å². The van der Waals surface area contributed by atoms with Gasteiger partial charge >= 0.3 is 18.0 Å². The van der Waals surface area contributed by atoms with Crippen LogP contribution in [-0.2, 0) is 5.67 Å². The Morgan fingerprint density at radius 2 is 1.33 bits per heavy atom. The highest BCUT2D eigenvalue weighted by Gasteiger charge is 2.74. The Hall–Kier alpha value is -1.47. The van der Waals surface area contributed by atoms with Crippen LogP contribution >= 0.6 is 0 Å². The molecule has 0 aliphatic heterocycles. The van der Waals surface area contributed by atoms with Gasteiger partial charge in [0, 0.05) is 11.3 Å². The molecule has 0 aliphatic rings. The summed E-state index contributed by atoms with van der Waals surface area (Å²) in [6.45, 7) is 1.23. The van der Waals surface area contributed by atoms with Gasteiger partial charge in [-0.05, 0) is 13.0 Å². The zero-order valence-corrected chi connectivity index (χ0v) is 8.96. The Morgan fingerprint density at radius 3 is 1.72 bits per heavy atom. The van der Waals surface area contributed by atoms with Crippen molar-refractivity contribution < 1.29 is 30.7 Å². The van der Waals surface area contributed by atoms with Gasteiger partial charge in [0.25, 0.3) is 0 Å². The minimum atomic E-state index is -6.15. The first-order valence-electron chi connectivity index (χ1n) is 4.60. The maximum Gasteiger partial charge on any atom is 0.436 e. The van der Waals surface area contributed by atoms with Crippen LogP contribution in [0.3, 0.4) is 0 Å². The van der Waals surface area contributed by atoms with Crippen LogP contribution < -0.4 is 5.73 Å². The van der Waals surface area contributed by atoms with E-state index in [0.29, 0.717) is 6.07 Å². The highest BCUT2D eigenvalue weighted by molar-refractivity contribution is 5.53. The zero-order valence-electron chi connectivity index (χ0n) is 8.96. The zero-order chi connectivity index (χ0) is 14.4. The minimum Gasteiger partial charge on any atom is -0.398 e. The molecule has 0 radical (unpaired) electrons. The lowest BCUT2D eigenvalue weighted by Gasteiger charge is -2.31. The molecule has 1 aromatic carbocycles. The van der Waals surface area contributed by atoms with E-state index in [9.17, 15) is 30.7 Å². The summed E-state index contributed by atoms with van der Waals surface area (Å²) in [7, 11) is 0. The summed E-state index contributed by atoms with van der Waals surface area (Å²) in [5, 5.41) is 0. The molecule has 0 saturated heterocycles. The van der Waals surface area contributed by atoms with E-state index in [1.807, 2.05) is 0 Å². The Labute approximate surface area is 97.4 Å². The average Bonchev–Trinajstić information content (AvgIpc) is 2.17. The standard InChI is InChI=1S/C10H8F7N/c1-5-2-3-7(18)6(4-5)8(11,9(12,13)14)10(15,16)17/h2-4H,18H2,1H3. The van der Waals surface area contributed by atoms with Crippen molar-refractivity contribution in [2.75, 3.05) is 5.73 Å². The molecule has 2 N–H and O–H groups in total. The van der Waals surface area contributed by atoms with Gasteiger partial charge in [-0.25, -0.2) is 4.39 Å². The van der Waals surface area contributed by atoms with Crippen molar-refractivity contribution in [3.63, 3.8) is 0 Å². The normalized spacial score (nSPS) is 13.8. The third kappa shape index (κ3) is 2.11. The topological polar surface area (TPSA) is 26.0 Å². The Morgan fingerprint density at radius 1 is 0.889 bits per heavy atom. The number of anilines is 1. The van der Waals surface area contributed by atoms with Crippen molar-refractivity contribution in [3.8, 4) is 0 Å². The predicted octanol–water partition coefficient (Wildman–Crippen LogP) is 3.87. The van der Waals surface area contributed by atoms with E-state index in [1.54, 1.807) is 0 Å². The van der Waals surface area contributed by atoms with Gasteiger partial charge in [0.2, 0.25) is 0 Å². The maximum absolute atomic E-state index is 13.6. The van der Waals surface area contributed by atoms with Gasteiger partial charge in [-0.2, -0.15) is 26.3 Å². The maximum atomic E-state index is 13.6. The van der Waals surface area contributed by atoms with Crippen LogP contribution in [0.1, 0.15) is 11.1 Å². The molecule has 0 saturated carbocycles. The molecule has 0 amide bonds. The number of rotatable bonds is 1. The van der Waals surface area contributed by atoms with E-state index in [2.05, 4.69) is 0 Å². The summed E-state index contributed by atoms with van der Waals surface area (Å²) in [5.74, 6) is 0. The molecule has 0 heterocycles. The molecule has 1 nitrogen and oxygen atoms in total. The van der Waals surface area contributed by atoms with Gasteiger partial charge in [-0.1, -0.05) is 17.7 Å². The highest BCUT2D eigenvalue weighted by atomic mass is 19.4. The first kappa shape index (κ1) is 14.6. The molecular weight excluding hydrogens is 267 g/mol. The monoisotopic (exact) mass is 275 g/mol. The van der Waals surface area contributed by atoms with Crippen LogP contribution in [0.25, 0.3) is 0 Å². The summed E-state index contributed by atoms with van der Waals surface area (Å²) in [6.07, 6.45) is -12.3. The van der Waals surface area contributed by atoms with E-state index in [0.717, 1.165) is 6.07 Å². The van der Waals surface area contributed by atoms with E-state index < -0.39 is 29.3 Å². The Kier molecular flexibility index (Phi) is 3.27. The van der Waals surface area contributed by atoms with E-state index in [1.165, 1.54) is 13.0 Å². The second-order valence-corrected chi connectivity index (χ2v) is 3.74. The number of aryl methyl sites for hydroxylation is 1. The molecule has 0 fully saturated rings. The fourth-order valence-corrected chi connectivity index (χ4v) is 1.43. The van der Waals surface area contributed by atoms with Crippen molar-refractivity contribution in [2.24, 2.45) is 0 Å². The number of nitrogen functional groups attached to an aromatic ring is 1. The van der Waals surface area contributed by atoms with Crippen LogP contribution in [0.4, 0.5) is 36.4 Å². The minimum absolute atomic E-state index is 0.0368. The van der Waals surface area contributed by atoms with Gasteiger partial charge < -0.3 is 5.73 Å². The third-order valence-corrected chi connectivity index (χ3v) is 2.36. The van der Waals surface area contributed by atoms with Gasteiger partial charge in [-0.15, -0.1) is 0 Å². The van der Waals surface area contributed by atoms with Crippen LogP contribution in [0.2, 0.25) is 0 Å². The van der Waals surface area contributed by atoms with Crippen LogP contribution in [-0.4, -0.2) is 12.4 Å². The molecular formula is C10H8F7N. The molecule has 0 aliphatic carbocycles. The molecule has 102 valence electrons. The summed E-state index contributed by atoms with van der Waals surface area (Å²) in [5.41, 5.74) is -2.95.